The van der Waals surface area contributed by atoms with Gasteiger partial charge in [-0.3, -0.25) is 0 Å². The van der Waals surface area contributed by atoms with Gasteiger partial charge in [0.05, 0.1) is 7.11 Å². The molecule has 6 heteroatoms. The number of rotatable bonds is 4. The summed E-state index contributed by atoms with van der Waals surface area (Å²) >= 11 is 1.49. The van der Waals surface area contributed by atoms with Crippen LogP contribution in [0, 0.1) is 0 Å². The Morgan fingerprint density at radius 2 is 2.11 bits per heavy atom. The van der Waals surface area contributed by atoms with Gasteiger partial charge in [-0.05, 0) is 0 Å². The highest BCUT2D eigenvalue weighted by Crippen LogP contribution is 2.26. The number of carbonyl (C=O) groups is 1. The van der Waals surface area contributed by atoms with E-state index in [2.05, 4.69) is 10.1 Å². The van der Waals surface area contributed by atoms with Gasteiger partial charge in [-0.1, -0.05) is 29.4 Å². The summed E-state index contributed by atoms with van der Waals surface area (Å²) in [5.41, 5.74) is 1.57. The van der Waals surface area contributed by atoms with Crippen molar-refractivity contribution in [1.82, 2.24) is 4.98 Å². The smallest absolute Gasteiger partial charge is 0.360 e. The van der Waals surface area contributed by atoms with Crippen molar-refractivity contribution in [3.05, 3.63) is 41.4 Å². The van der Waals surface area contributed by atoms with E-state index in [0.717, 1.165) is 10.6 Å². The molecule has 0 aliphatic heterocycles. The molecule has 2 rings (SSSR count). The molecule has 0 bridgehead atoms. The molecule has 1 heterocycles. The van der Waals surface area contributed by atoms with Crippen LogP contribution in [-0.4, -0.2) is 30.9 Å². The Labute approximate surface area is 114 Å². The van der Waals surface area contributed by atoms with Crippen molar-refractivity contribution in [2.75, 3.05) is 14.2 Å². The van der Waals surface area contributed by atoms with E-state index >= 15 is 0 Å². The third-order valence-corrected chi connectivity index (χ3v) is 3.21. The highest BCUT2D eigenvalue weighted by Gasteiger charge is 2.20. The first-order valence-electron chi connectivity index (χ1n) is 5.46. The van der Waals surface area contributed by atoms with Crippen LogP contribution < -0.4 is 0 Å². The number of hydrogen-bond acceptors (Lipinski definition) is 6. The zero-order valence-corrected chi connectivity index (χ0v) is 11.3. The lowest BCUT2D eigenvalue weighted by Gasteiger charge is -2.08. The average molecular weight is 276 g/mol. The van der Waals surface area contributed by atoms with Gasteiger partial charge in [-0.2, -0.15) is 0 Å². The Bertz CT molecular complexity index is 594. The van der Waals surface area contributed by atoms with Gasteiger partial charge in [0.25, 0.3) is 0 Å². The van der Waals surface area contributed by atoms with Crippen molar-refractivity contribution < 1.29 is 14.4 Å². The summed E-state index contributed by atoms with van der Waals surface area (Å²) in [6, 6.07) is 7.36. The van der Waals surface area contributed by atoms with E-state index in [9.17, 15) is 4.79 Å². The summed E-state index contributed by atoms with van der Waals surface area (Å²) in [4.78, 5) is 20.7. The standard InChI is InChI=1S/C13H12N2O3S/c1-17-13(16)11(15-18-2)9-5-3-4-6-10(9)12-14-7-8-19-12/h3-8H,1-2H3. The van der Waals surface area contributed by atoms with Crippen molar-refractivity contribution in [2.24, 2.45) is 5.16 Å². The minimum absolute atomic E-state index is 0.121. The van der Waals surface area contributed by atoms with Gasteiger partial charge in [-0.15, -0.1) is 11.3 Å². The summed E-state index contributed by atoms with van der Waals surface area (Å²) in [6.45, 7) is 0. The molecule has 5 nitrogen and oxygen atoms in total. The minimum Gasteiger partial charge on any atom is -0.464 e. The Morgan fingerprint density at radius 1 is 1.32 bits per heavy atom. The number of ether oxygens (including phenoxy) is 1. The van der Waals surface area contributed by atoms with Crippen LogP contribution >= 0.6 is 11.3 Å². The second-order valence-electron chi connectivity index (χ2n) is 3.50. The molecule has 0 amide bonds. The third kappa shape index (κ3) is 2.79. The van der Waals surface area contributed by atoms with Gasteiger partial charge in [0.2, 0.25) is 0 Å². The van der Waals surface area contributed by atoms with Crippen molar-refractivity contribution in [1.29, 1.82) is 0 Å². The van der Waals surface area contributed by atoms with Gasteiger partial charge in [0.15, 0.2) is 5.71 Å². The zero-order valence-electron chi connectivity index (χ0n) is 10.5. The molecule has 1 aromatic heterocycles. The van der Waals surface area contributed by atoms with Crippen molar-refractivity contribution in [3.63, 3.8) is 0 Å². The van der Waals surface area contributed by atoms with Crippen molar-refractivity contribution >= 4 is 23.0 Å². The number of esters is 1. The summed E-state index contributed by atoms with van der Waals surface area (Å²) in [5, 5.41) is 6.44. The van der Waals surface area contributed by atoms with E-state index in [1.807, 2.05) is 23.6 Å². The second-order valence-corrected chi connectivity index (χ2v) is 4.39. The lowest BCUT2D eigenvalue weighted by Crippen LogP contribution is -2.18. The maximum Gasteiger partial charge on any atom is 0.360 e. The minimum atomic E-state index is -0.550. The lowest BCUT2D eigenvalue weighted by atomic mass is 10.0. The molecular weight excluding hydrogens is 264 g/mol. The Hall–Kier alpha value is -2.21. The average Bonchev–Trinajstić information content (AvgIpc) is 2.98. The number of thiazole rings is 1. The van der Waals surface area contributed by atoms with Crippen LogP contribution in [-0.2, 0) is 14.4 Å². The van der Waals surface area contributed by atoms with E-state index in [1.54, 1.807) is 12.3 Å². The fourth-order valence-electron chi connectivity index (χ4n) is 1.62. The molecule has 0 N–H and O–H groups in total. The van der Waals surface area contributed by atoms with Crippen LogP contribution in [0.2, 0.25) is 0 Å². The largest absolute Gasteiger partial charge is 0.464 e. The SMILES string of the molecule is CON=C(C(=O)OC)c1ccccc1-c1nccs1. The molecule has 0 saturated heterocycles. The summed E-state index contributed by atoms with van der Waals surface area (Å²) < 4.78 is 4.72. The topological polar surface area (TPSA) is 60.8 Å². The fourth-order valence-corrected chi connectivity index (χ4v) is 2.29. The lowest BCUT2D eigenvalue weighted by molar-refractivity contribution is -0.132. The molecule has 0 atom stereocenters. The second kappa shape index (κ2) is 6.10. The fraction of sp³-hybridized carbons (Fsp3) is 0.154. The Kier molecular flexibility index (Phi) is 4.25. The highest BCUT2D eigenvalue weighted by atomic mass is 32.1. The molecule has 19 heavy (non-hydrogen) atoms. The highest BCUT2D eigenvalue weighted by molar-refractivity contribution is 7.13. The van der Waals surface area contributed by atoms with Crippen LogP contribution in [0.5, 0.6) is 0 Å². The summed E-state index contributed by atoms with van der Waals surface area (Å²) in [6.07, 6.45) is 1.71. The van der Waals surface area contributed by atoms with E-state index in [1.165, 1.54) is 25.6 Å². The van der Waals surface area contributed by atoms with Crippen LogP contribution in [0.4, 0.5) is 0 Å². The molecule has 1 aromatic carbocycles. The first kappa shape index (κ1) is 13.2. The quantitative estimate of drug-likeness (QED) is 0.488. The van der Waals surface area contributed by atoms with E-state index in [-0.39, 0.29) is 5.71 Å². The summed E-state index contributed by atoms with van der Waals surface area (Å²) in [5.74, 6) is -0.550. The van der Waals surface area contributed by atoms with Gasteiger partial charge < -0.3 is 9.57 Å². The molecule has 0 spiro atoms. The van der Waals surface area contributed by atoms with Gasteiger partial charge in [0, 0.05) is 22.7 Å². The maximum atomic E-state index is 11.8. The van der Waals surface area contributed by atoms with E-state index in [4.69, 9.17) is 9.57 Å². The molecule has 0 saturated carbocycles. The van der Waals surface area contributed by atoms with Gasteiger partial charge >= 0.3 is 5.97 Å². The van der Waals surface area contributed by atoms with Crippen molar-refractivity contribution in [3.8, 4) is 10.6 Å². The predicted octanol–water partition coefficient (Wildman–Crippen LogP) is 2.33. The molecular formula is C13H12N2O3S. The van der Waals surface area contributed by atoms with E-state index < -0.39 is 5.97 Å². The van der Waals surface area contributed by atoms with Crippen LogP contribution in [0.3, 0.4) is 0 Å². The predicted molar refractivity (Wildman–Crippen MR) is 73.1 cm³/mol. The molecule has 0 radical (unpaired) electrons. The van der Waals surface area contributed by atoms with Gasteiger partial charge in [-0.25, -0.2) is 9.78 Å². The number of hydrogen-bond donors (Lipinski definition) is 0. The monoisotopic (exact) mass is 276 g/mol. The number of nitrogens with zero attached hydrogens (tertiary/aromatic N) is 2. The maximum absolute atomic E-state index is 11.8. The number of benzene rings is 1. The van der Waals surface area contributed by atoms with Crippen molar-refractivity contribution in [2.45, 2.75) is 0 Å². The molecule has 0 aliphatic rings. The third-order valence-electron chi connectivity index (χ3n) is 2.41. The first-order valence-corrected chi connectivity index (χ1v) is 6.34. The molecule has 98 valence electrons. The number of carbonyl (C=O) groups excluding carboxylic acids is 1. The van der Waals surface area contributed by atoms with Crippen LogP contribution in [0.1, 0.15) is 5.56 Å². The van der Waals surface area contributed by atoms with Gasteiger partial charge in [0.1, 0.15) is 12.1 Å². The van der Waals surface area contributed by atoms with Crippen LogP contribution in [0.25, 0.3) is 10.6 Å². The molecule has 0 fully saturated rings. The van der Waals surface area contributed by atoms with Crippen LogP contribution in [0.15, 0.2) is 41.0 Å². The first-order chi connectivity index (χ1) is 9.27. The number of oxime groups is 1. The molecule has 0 aliphatic carbocycles. The number of methoxy groups -OCH3 is 1. The number of aromatic nitrogens is 1. The normalized spacial score (nSPS) is 11.2. The molecule has 0 unspecified atom stereocenters. The van der Waals surface area contributed by atoms with E-state index in [0.29, 0.717) is 5.56 Å². The summed E-state index contributed by atoms with van der Waals surface area (Å²) in [7, 11) is 2.69. The Morgan fingerprint density at radius 3 is 2.74 bits per heavy atom. The molecule has 2 aromatic rings. The Balaban J connectivity index is 2.55. The zero-order chi connectivity index (χ0) is 13.7.